The number of sulfonamides is 1. The van der Waals surface area contributed by atoms with E-state index in [2.05, 4.69) is 5.32 Å². The molecule has 1 N–H and O–H groups in total. The number of nitrogens with one attached hydrogen (secondary N) is 1. The minimum absolute atomic E-state index is 0.0899. The zero-order chi connectivity index (χ0) is 16.9. The van der Waals surface area contributed by atoms with Gasteiger partial charge in [-0.25, -0.2) is 8.42 Å². The van der Waals surface area contributed by atoms with E-state index >= 15 is 0 Å². The number of carbonyl (C=O) groups is 2. The maximum Gasteiger partial charge on any atom is 0.239 e. The summed E-state index contributed by atoms with van der Waals surface area (Å²) in [6.45, 7) is 7.96. The van der Waals surface area contributed by atoms with Gasteiger partial charge in [0.15, 0.2) is 0 Å². The molecule has 2 atom stereocenters. The Hall–Kier alpha value is -0.950. The Labute approximate surface area is 133 Å². The van der Waals surface area contributed by atoms with Crippen molar-refractivity contribution < 1.29 is 18.0 Å². The van der Waals surface area contributed by atoms with Gasteiger partial charge in [-0.2, -0.15) is 4.31 Å². The molecular formula is C15H28N2O4S. The van der Waals surface area contributed by atoms with E-state index in [-0.39, 0.29) is 23.5 Å². The van der Waals surface area contributed by atoms with Crippen LogP contribution in [0.2, 0.25) is 0 Å². The Morgan fingerprint density at radius 1 is 1.23 bits per heavy atom. The third-order valence-corrected chi connectivity index (χ3v) is 5.74. The number of carbonyl (C=O) groups excluding carboxylic acids is 2. The Morgan fingerprint density at radius 2 is 1.86 bits per heavy atom. The van der Waals surface area contributed by atoms with Gasteiger partial charge < -0.3 is 10.1 Å². The fraction of sp³-hybridized carbons (Fsp3) is 0.867. The molecule has 1 fully saturated rings. The maximum absolute atomic E-state index is 12.5. The molecule has 1 saturated heterocycles. The first kappa shape index (κ1) is 19.1. The summed E-state index contributed by atoms with van der Waals surface area (Å²) in [5.74, 6) is -0.170. The number of amides is 1. The smallest absolute Gasteiger partial charge is 0.239 e. The van der Waals surface area contributed by atoms with Crippen LogP contribution >= 0.6 is 0 Å². The van der Waals surface area contributed by atoms with Crippen molar-refractivity contribution in [3.8, 4) is 0 Å². The quantitative estimate of drug-likeness (QED) is 0.709. The number of hydrogen-bond acceptors (Lipinski definition) is 4. The van der Waals surface area contributed by atoms with Crippen LogP contribution in [0.15, 0.2) is 0 Å². The summed E-state index contributed by atoms with van der Waals surface area (Å²) in [4.78, 5) is 23.7. The minimum Gasteiger partial charge on any atom is -0.345 e. The van der Waals surface area contributed by atoms with Crippen LogP contribution in [0.4, 0.5) is 0 Å². The molecule has 1 aliphatic rings. The third-order valence-electron chi connectivity index (χ3n) is 3.82. The fourth-order valence-electron chi connectivity index (χ4n) is 2.81. The number of aldehydes is 1. The van der Waals surface area contributed by atoms with Gasteiger partial charge in [0.2, 0.25) is 15.9 Å². The van der Waals surface area contributed by atoms with Crippen molar-refractivity contribution in [3.05, 3.63) is 0 Å². The Kier molecular flexibility index (Phi) is 6.99. The summed E-state index contributed by atoms with van der Waals surface area (Å²) < 4.78 is 25.8. The Morgan fingerprint density at radius 3 is 2.32 bits per heavy atom. The first-order valence-electron chi connectivity index (χ1n) is 7.94. The summed E-state index contributed by atoms with van der Waals surface area (Å²) >= 11 is 0. The Bertz CT molecular complexity index is 488. The molecule has 0 aromatic rings. The number of rotatable bonds is 7. The van der Waals surface area contributed by atoms with Crippen molar-refractivity contribution in [2.45, 2.75) is 59.0 Å². The lowest BCUT2D eigenvalue weighted by Gasteiger charge is -2.35. The molecule has 128 valence electrons. The molecule has 0 radical (unpaired) electrons. The lowest BCUT2D eigenvalue weighted by Crippen LogP contribution is -2.56. The molecule has 1 amide bonds. The summed E-state index contributed by atoms with van der Waals surface area (Å²) in [7, 11) is -3.39. The van der Waals surface area contributed by atoms with Crippen molar-refractivity contribution >= 4 is 22.2 Å². The van der Waals surface area contributed by atoms with Gasteiger partial charge in [-0.15, -0.1) is 0 Å². The monoisotopic (exact) mass is 332 g/mol. The average molecular weight is 332 g/mol. The second-order valence-corrected chi connectivity index (χ2v) is 8.74. The number of hydrogen-bond donors (Lipinski definition) is 1. The molecule has 0 spiro atoms. The molecule has 1 heterocycles. The highest BCUT2D eigenvalue weighted by atomic mass is 32.2. The SMILES string of the molecule is CC(C)CC(C=O)NC(=O)C(C(C)C)N1CCCCS1(=O)=O. The van der Waals surface area contributed by atoms with Gasteiger partial charge in [0, 0.05) is 6.54 Å². The molecule has 6 nitrogen and oxygen atoms in total. The number of nitrogens with zero attached hydrogens (tertiary/aromatic N) is 1. The third kappa shape index (κ3) is 5.05. The van der Waals surface area contributed by atoms with Crippen LogP contribution in [0.1, 0.15) is 47.0 Å². The molecule has 0 saturated carbocycles. The van der Waals surface area contributed by atoms with Gasteiger partial charge in [-0.3, -0.25) is 4.79 Å². The molecule has 0 aliphatic carbocycles. The van der Waals surface area contributed by atoms with E-state index in [4.69, 9.17) is 0 Å². The van der Waals surface area contributed by atoms with E-state index < -0.39 is 22.1 Å². The van der Waals surface area contributed by atoms with Crippen LogP contribution in [0, 0.1) is 11.8 Å². The van der Waals surface area contributed by atoms with Gasteiger partial charge in [-0.05, 0) is 31.1 Å². The molecule has 7 heteroatoms. The highest BCUT2D eigenvalue weighted by molar-refractivity contribution is 7.89. The summed E-state index contributed by atoms with van der Waals surface area (Å²) in [5, 5.41) is 2.70. The van der Waals surface area contributed by atoms with Crippen LogP contribution in [-0.2, 0) is 19.6 Å². The average Bonchev–Trinajstić information content (AvgIpc) is 2.39. The highest BCUT2D eigenvalue weighted by Gasteiger charge is 2.38. The second-order valence-electron chi connectivity index (χ2n) is 6.70. The molecule has 0 aromatic carbocycles. The summed E-state index contributed by atoms with van der Waals surface area (Å²) in [5.41, 5.74) is 0. The summed E-state index contributed by atoms with van der Waals surface area (Å²) in [6.07, 6.45) is 2.67. The minimum atomic E-state index is -3.39. The fourth-order valence-corrected chi connectivity index (χ4v) is 4.71. The van der Waals surface area contributed by atoms with E-state index in [9.17, 15) is 18.0 Å². The zero-order valence-corrected chi connectivity index (χ0v) is 14.7. The first-order valence-corrected chi connectivity index (χ1v) is 9.55. The topological polar surface area (TPSA) is 83.6 Å². The van der Waals surface area contributed by atoms with E-state index in [0.29, 0.717) is 19.4 Å². The molecule has 0 aromatic heterocycles. The Balaban J connectivity index is 2.90. The molecule has 22 heavy (non-hydrogen) atoms. The molecule has 0 bridgehead atoms. The van der Waals surface area contributed by atoms with Crippen molar-refractivity contribution in [2.75, 3.05) is 12.3 Å². The molecule has 1 rings (SSSR count). The predicted molar refractivity (Wildman–Crippen MR) is 85.8 cm³/mol. The van der Waals surface area contributed by atoms with Crippen LogP contribution in [0.3, 0.4) is 0 Å². The van der Waals surface area contributed by atoms with Gasteiger partial charge in [0.05, 0.1) is 11.8 Å². The van der Waals surface area contributed by atoms with Crippen LogP contribution in [0.25, 0.3) is 0 Å². The maximum atomic E-state index is 12.5. The normalized spacial score (nSPS) is 21.5. The molecule has 1 aliphatic heterocycles. The second kappa shape index (κ2) is 8.06. The largest absolute Gasteiger partial charge is 0.345 e. The van der Waals surface area contributed by atoms with E-state index in [0.717, 1.165) is 12.7 Å². The zero-order valence-electron chi connectivity index (χ0n) is 13.9. The lowest BCUT2D eigenvalue weighted by atomic mass is 10.0. The van der Waals surface area contributed by atoms with Gasteiger partial charge >= 0.3 is 0 Å². The van der Waals surface area contributed by atoms with Crippen LogP contribution < -0.4 is 5.32 Å². The van der Waals surface area contributed by atoms with Gasteiger partial charge in [-0.1, -0.05) is 27.7 Å². The predicted octanol–water partition coefficient (Wildman–Crippen LogP) is 1.17. The lowest BCUT2D eigenvalue weighted by molar-refractivity contribution is -0.128. The van der Waals surface area contributed by atoms with Crippen molar-refractivity contribution in [1.29, 1.82) is 0 Å². The van der Waals surface area contributed by atoms with Crippen molar-refractivity contribution in [1.82, 2.24) is 9.62 Å². The van der Waals surface area contributed by atoms with E-state index in [1.165, 1.54) is 4.31 Å². The van der Waals surface area contributed by atoms with Crippen LogP contribution in [0.5, 0.6) is 0 Å². The van der Waals surface area contributed by atoms with Crippen molar-refractivity contribution in [2.24, 2.45) is 11.8 Å². The van der Waals surface area contributed by atoms with E-state index in [1.807, 2.05) is 27.7 Å². The van der Waals surface area contributed by atoms with Gasteiger partial charge in [0.1, 0.15) is 12.3 Å². The summed E-state index contributed by atoms with van der Waals surface area (Å²) in [6, 6.07) is -1.32. The highest BCUT2D eigenvalue weighted by Crippen LogP contribution is 2.22. The standard InChI is InChI=1S/C15H28N2O4S/c1-11(2)9-13(10-18)16-15(19)14(12(3)4)17-7-5-6-8-22(17,20)21/h10-14H,5-9H2,1-4H3,(H,16,19). The van der Waals surface area contributed by atoms with Crippen LogP contribution in [-0.4, -0.2) is 49.3 Å². The molecular weight excluding hydrogens is 304 g/mol. The first-order chi connectivity index (χ1) is 10.2. The van der Waals surface area contributed by atoms with E-state index in [1.54, 1.807) is 0 Å². The van der Waals surface area contributed by atoms with Crippen molar-refractivity contribution in [3.63, 3.8) is 0 Å². The molecule has 2 unspecified atom stereocenters. The van der Waals surface area contributed by atoms with Gasteiger partial charge in [0.25, 0.3) is 0 Å².